The van der Waals surface area contributed by atoms with E-state index in [1.165, 1.54) is 25.0 Å². The van der Waals surface area contributed by atoms with E-state index in [2.05, 4.69) is 44.8 Å². The Morgan fingerprint density at radius 1 is 1.11 bits per heavy atom. The lowest BCUT2D eigenvalue weighted by atomic mass is 9.94. The van der Waals surface area contributed by atoms with Gasteiger partial charge in [0, 0.05) is 37.5 Å². The molecule has 7 heteroatoms. The fourth-order valence-electron chi connectivity index (χ4n) is 4.09. The van der Waals surface area contributed by atoms with Crippen molar-refractivity contribution < 1.29 is 4.52 Å². The van der Waals surface area contributed by atoms with Gasteiger partial charge < -0.3 is 9.42 Å². The van der Waals surface area contributed by atoms with Gasteiger partial charge in [0.25, 0.3) is 0 Å². The Kier molecular flexibility index (Phi) is 5.38. The normalized spacial score (nSPS) is 21.3. The minimum Gasteiger partial charge on any atom is -0.357 e. The van der Waals surface area contributed by atoms with Gasteiger partial charge in [-0.15, -0.1) is 0 Å². The molecule has 7 nitrogen and oxygen atoms in total. The Morgan fingerprint density at radius 3 is 2.67 bits per heavy atom. The third kappa shape index (κ3) is 4.29. The molecule has 2 saturated heterocycles. The van der Waals surface area contributed by atoms with Crippen LogP contribution >= 0.6 is 0 Å². The second-order valence-corrected chi connectivity index (χ2v) is 8.17. The van der Waals surface area contributed by atoms with Crippen molar-refractivity contribution in [3.05, 3.63) is 29.3 Å². The largest absolute Gasteiger partial charge is 0.357 e. The predicted molar refractivity (Wildman–Crippen MR) is 104 cm³/mol. The van der Waals surface area contributed by atoms with Gasteiger partial charge in [0.2, 0.25) is 5.89 Å². The molecule has 0 saturated carbocycles. The fraction of sp³-hybridized carbons (Fsp3) is 0.700. The van der Waals surface area contributed by atoms with Crippen molar-refractivity contribution in [2.75, 3.05) is 31.1 Å². The molecule has 146 valence electrons. The molecule has 0 amide bonds. The Morgan fingerprint density at radius 2 is 1.93 bits per heavy atom. The van der Waals surface area contributed by atoms with E-state index in [1.807, 2.05) is 6.92 Å². The number of likely N-dealkylation sites (tertiary alicyclic amines) is 1. The molecule has 2 aromatic heterocycles. The molecule has 0 bridgehead atoms. The maximum absolute atomic E-state index is 5.44. The van der Waals surface area contributed by atoms with Gasteiger partial charge in [-0.2, -0.15) is 4.98 Å². The summed E-state index contributed by atoms with van der Waals surface area (Å²) in [6.07, 6.45) is 4.86. The molecule has 2 aliphatic rings. The molecule has 0 N–H and O–H groups in total. The van der Waals surface area contributed by atoms with Crippen molar-refractivity contribution in [3.8, 4) is 0 Å². The summed E-state index contributed by atoms with van der Waals surface area (Å²) in [7, 11) is 0. The van der Waals surface area contributed by atoms with Crippen LogP contribution in [0.4, 0.5) is 5.82 Å². The molecule has 4 heterocycles. The van der Waals surface area contributed by atoms with Crippen LogP contribution in [0.25, 0.3) is 0 Å². The van der Waals surface area contributed by atoms with E-state index in [-0.39, 0.29) is 0 Å². The molecule has 2 aromatic rings. The highest BCUT2D eigenvalue weighted by molar-refractivity contribution is 5.41. The maximum Gasteiger partial charge on any atom is 0.240 e. The van der Waals surface area contributed by atoms with E-state index in [0.717, 1.165) is 62.5 Å². The van der Waals surface area contributed by atoms with Crippen molar-refractivity contribution in [1.29, 1.82) is 0 Å². The Balaban J connectivity index is 1.46. The van der Waals surface area contributed by atoms with Gasteiger partial charge in [-0.1, -0.05) is 19.0 Å². The molecule has 0 aromatic carbocycles. The summed E-state index contributed by atoms with van der Waals surface area (Å²) in [4.78, 5) is 18.8. The summed E-state index contributed by atoms with van der Waals surface area (Å²) in [5.74, 6) is 4.23. The number of rotatable bonds is 5. The molecule has 2 fully saturated rings. The molecular formula is C20H30N6O. The quantitative estimate of drug-likeness (QED) is 0.800. The topological polar surface area (TPSA) is 71.2 Å². The summed E-state index contributed by atoms with van der Waals surface area (Å²) in [6, 6.07) is 2.22. The number of hydrogen-bond donors (Lipinski definition) is 0. The van der Waals surface area contributed by atoms with Crippen LogP contribution in [-0.4, -0.2) is 51.2 Å². The lowest BCUT2D eigenvalue weighted by molar-refractivity contribution is 0.175. The van der Waals surface area contributed by atoms with E-state index in [9.17, 15) is 0 Å². The summed E-state index contributed by atoms with van der Waals surface area (Å²) < 4.78 is 5.44. The summed E-state index contributed by atoms with van der Waals surface area (Å²) in [6.45, 7) is 11.2. The zero-order valence-electron chi connectivity index (χ0n) is 16.7. The van der Waals surface area contributed by atoms with Crippen molar-refractivity contribution in [2.45, 2.75) is 64.8 Å². The summed E-state index contributed by atoms with van der Waals surface area (Å²) in [5.41, 5.74) is 1.18. The average molecular weight is 371 g/mol. The number of anilines is 1. The molecule has 4 rings (SSSR count). The monoisotopic (exact) mass is 370 g/mol. The number of hydrogen-bond acceptors (Lipinski definition) is 7. The first-order valence-electron chi connectivity index (χ1n) is 10.2. The molecular weight excluding hydrogens is 340 g/mol. The highest BCUT2D eigenvalue weighted by atomic mass is 16.5. The molecule has 2 aliphatic heterocycles. The van der Waals surface area contributed by atoms with Gasteiger partial charge in [0.15, 0.2) is 5.82 Å². The highest BCUT2D eigenvalue weighted by Crippen LogP contribution is 2.29. The first kappa shape index (κ1) is 18.3. The van der Waals surface area contributed by atoms with Gasteiger partial charge in [0.1, 0.15) is 11.6 Å². The number of nitrogens with zero attached hydrogens (tertiary/aromatic N) is 6. The lowest BCUT2D eigenvalue weighted by Gasteiger charge is -2.31. The molecule has 0 aliphatic carbocycles. The average Bonchev–Trinajstić information content (AvgIpc) is 3.33. The van der Waals surface area contributed by atoms with Crippen LogP contribution in [0.5, 0.6) is 0 Å². The first-order valence-corrected chi connectivity index (χ1v) is 10.2. The fourth-order valence-corrected chi connectivity index (χ4v) is 4.09. The van der Waals surface area contributed by atoms with E-state index >= 15 is 0 Å². The zero-order chi connectivity index (χ0) is 18.8. The van der Waals surface area contributed by atoms with E-state index in [4.69, 9.17) is 9.51 Å². The minimum atomic E-state index is 0.296. The number of aromatic nitrogens is 4. The van der Waals surface area contributed by atoms with E-state index in [1.54, 1.807) is 0 Å². The predicted octanol–water partition coefficient (Wildman–Crippen LogP) is 3.27. The smallest absolute Gasteiger partial charge is 0.240 e. The van der Waals surface area contributed by atoms with Crippen molar-refractivity contribution >= 4 is 5.82 Å². The van der Waals surface area contributed by atoms with Crippen LogP contribution < -0.4 is 4.90 Å². The van der Waals surface area contributed by atoms with Crippen LogP contribution in [0.3, 0.4) is 0 Å². The van der Waals surface area contributed by atoms with Gasteiger partial charge in [-0.3, -0.25) is 4.90 Å². The molecule has 0 spiro atoms. The van der Waals surface area contributed by atoms with E-state index in [0.29, 0.717) is 11.8 Å². The molecule has 0 unspecified atom stereocenters. The third-order valence-electron chi connectivity index (χ3n) is 5.56. The van der Waals surface area contributed by atoms with Gasteiger partial charge in [-0.25, -0.2) is 9.97 Å². The first-order chi connectivity index (χ1) is 13.1. The number of aryl methyl sites for hydroxylation is 1. The van der Waals surface area contributed by atoms with Crippen molar-refractivity contribution in [1.82, 2.24) is 25.0 Å². The summed E-state index contributed by atoms with van der Waals surface area (Å²) >= 11 is 0. The standard InChI is InChI=1S/C20H30N6O/c1-14(2)20-23-19(27-24-20)13-25-8-6-7-16(12-25)17-11-18(22-15(3)21-17)26-9-4-5-10-26/h11,14,16H,4-10,12-13H2,1-3H3/t16-/m0/s1. The minimum absolute atomic E-state index is 0.296. The van der Waals surface area contributed by atoms with Gasteiger partial charge >= 0.3 is 0 Å². The second kappa shape index (κ2) is 7.92. The third-order valence-corrected chi connectivity index (χ3v) is 5.56. The van der Waals surface area contributed by atoms with Crippen LogP contribution in [0, 0.1) is 6.92 Å². The van der Waals surface area contributed by atoms with E-state index < -0.39 is 0 Å². The molecule has 1 atom stereocenters. The molecule has 27 heavy (non-hydrogen) atoms. The van der Waals surface area contributed by atoms with Crippen molar-refractivity contribution in [2.24, 2.45) is 0 Å². The van der Waals surface area contributed by atoms with Crippen LogP contribution in [-0.2, 0) is 6.54 Å². The highest BCUT2D eigenvalue weighted by Gasteiger charge is 2.26. The van der Waals surface area contributed by atoms with Crippen molar-refractivity contribution in [3.63, 3.8) is 0 Å². The Bertz CT molecular complexity index is 768. The second-order valence-electron chi connectivity index (χ2n) is 8.17. The molecule has 0 radical (unpaired) electrons. The maximum atomic E-state index is 5.44. The van der Waals surface area contributed by atoms with Crippen LogP contribution in [0.2, 0.25) is 0 Å². The lowest BCUT2D eigenvalue weighted by Crippen LogP contribution is -2.34. The zero-order valence-corrected chi connectivity index (χ0v) is 16.7. The Labute approximate surface area is 161 Å². The Hall–Kier alpha value is -2.02. The number of piperidine rings is 1. The summed E-state index contributed by atoms with van der Waals surface area (Å²) in [5, 5.41) is 4.09. The van der Waals surface area contributed by atoms with Gasteiger partial charge in [0.05, 0.1) is 12.2 Å². The van der Waals surface area contributed by atoms with Crippen LogP contribution in [0.1, 0.15) is 74.6 Å². The van der Waals surface area contributed by atoms with Gasteiger partial charge in [-0.05, 0) is 39.2 Å². The SMILES string of the molecule is Cc1nc([C@H]2CCCN(Cc3nc(C(C)C)no3)C2)cc(N2CCCC2)n1. The van der Waals surface area contributed by atoms with Crippen LogP contribution in [0.15, 0.2) is 10.6 Å².